The number of aliphatic hydroxyl groups excluding tert-OH is 3. The molecule has 0 spiro atoms. The summed E-state index contributed by atoms with van der Waals surface area (Å²) in [4.78, 5) is 16.9. The van der Waals surface area contributed by atoms with Crippen molar-refractivity contribution in [3.05, 3.63) is 0 Å². The highest BCUT2D eigenvalue weighted by Crippen LogP contribution is 2.41. The summed E-state index contributed by atoms with van der Waals surface area (Å²) in [5.74, 6) is 0. The van der Waals surface area contributed by atoms with Gasteiger partial charge in [-0.3, -0.25) is 4.52 Å². The number of phosphoric acid groups is 1. The van der Waals surface area contributed by atoms with Crippen molar-refractivity contribution in [1.29, 1.82) is 0 Å². The molecule has 0 bridgehead atoms. The smallest absolute Gasteiger partial charge is 0.394 e. The van der Waals surface area contributed by atoms with E-state index in [4.69, 9.17) is 25.1 Å². The fraction of sp³-hybridized carbons (Fsp3) is 1.00. The number of rotatable bonds is 3. The van der Waals surface area contributed by atoms with Gasteiger partial charge in [-0.15, -0.1) is 0 Å². The van der Waals surface area contributed by atoms with E-state index in [0.717, 1.165) is 0 Å². The Balaban J connectivity index is 2.69. The molecule has 8 nitrogen and oxygen atoms in total. The lowest BCUT2D eigenvalue weighted by atomic mass is 10.1. The van der Waals surface area contributed by atoms with Gasteiger partial charge in [-0.1, -0.05) is 0 Å². The standard InChI is InChI=1S/C5H11O8P/c6-1-2-4(13-14(9,10)11)3(7)5(8)12-2/h2-8H,1H2,(H2,9,10,11)/t2-,3+,4-,5?/m1/s1. The molecule has 0 radical (unpaired) electrons. The molecule has 0 aromatic rings. The summed E-state index contributed by atoms with van der Waals surface area (Å²) < 4.78 is 19.2. The van der Waals surface area contributed by atoms with Crippen molar-refractivity contribution < 1.29 is 38.9 Å². The second kappa shape index (κ2) is 4.21. The summed E-state index contributed by atoms with van der Waals surface area (Å²) in [6.45, 7) is -0.626. The molecule has 0 aliphatic carbocycles. The zero-order chi connectivity index (χ0) is 10.9. The Morgan fingerprint density at radius 2 is 1.93 bits per heavy atom. The Kier molecular flexibility index (Phi) is 3.62. The van der Waals surface area contributed by atoms with Crippen LogP contribution < -0.4 is 0 Å². The van der Waals surface area contributed by atoms with E-state index in [9.17, 15) is 4.57 Å². The molecule has 0 saturated carbocycles. The molecule has 1 rings (SSSR count). The van der Waals surface area contributed by atoms with Gasteiger partial charge in [0, 0.05) is 0 Å². The van der Waals surface area contributed by atoms with Crippen molar-refractivity contribution in [1.82, 2.24) is 0 Å². The van der Waals surface area contributed by atoms with Crippen LogP contribution in [-0.4, -0.2) is 56.3 Å². The summed E-state index contributed by atoms with van der Waals surface area (Å²) in [7, 11) is -4.79. The number of phosphoric ester groups is 1. The molecule has 0 aromatic carbocycles. The molecule has 1 aliphatic heterocycles. The Bertz CT molecular complexity index is 238. The maximum atomic E-state index is 10.4. The summed E-state index contributed by atoms with van der Waals surface area (Å²) in [6.07, 6.45) is -5.83. The predicted molar refractivity (Wildman–Crippen MR) is 40.9 cm³/mol. The van der Waals surface area contributed by atoms with Gasteiger partial charge in [0.15, 0.2) is 6.29 Å². The van der Waals surface area contributed by atoms with Gasteiger partial charge >= 0.3 is 7.82 Å². The Hall–Kier alpha value is -0.0500. The second-order valence-corrected chi connectivity index (χ2v) is 3.99. The van der Waals surface area contributed by atoms with Crippen LogP contribution in [0.1, 0.15) is 0 Å². The molecule has 5 N–H and O–H groups in total. The van der Waals surface area contributed by atoms with Crippen LogP contribution in [0.5, 0.6) is 0 Å². The lowest BCUT2D eigenvalue weighted by molar-refractivity contribution is -0.132. The largest absolute Gasteiger partial charge is 0.470 e. The van der Waals surface area contributed by atoms with Crippen LogP contribution in [0.3, 0.4) is 0 Å². The third-order valence-electron chi connectivity index (χ3n) is 1.75. The SMILES string of the molecule is O=P(O)(O)O[C@H]1[C@H](O)C(O)O[C@@H]1CO. The molecule has 1 heterocycles. The number of aliphatic hydroxyl groups is 3. The van der Waals surface area contributed by atoms with Crippen LogP contribution in [0.2, 0.25) is 0 Å². The van der Waals surface area contributed by atoms with Crippen LogP contribution in [0, 0.1) is 0 Å². The molecule has 0 amide bonds. The monoisotopic (exact) mass is 230 g/mol. The molecule has 1 unspecified atom stereocenters. The second-order valence-electron chi connectivity index (χ2n) is 2.80. The maximum Gasteiger partial charge on any atom is 0.470 e. The molecule has 14 heavy (non-hydrogen) atoms. The molecule has 4 atom stereocenters. The Labute approximate surface area is 78.9 Å². The normalized spacial score (nSPS) is 38.9. The molecule has 84 valence electrons. The highest BCUT2D eigenvalue weighted by molar-refractivity contribution is 7.46. The van der Waals surface area contributed by atoms with Gasteiger partial charge in [0.2, 0.25) is 0 Å². The topological polar surface area (TPSA) is 137 Å². The van der Waals surface area contributed by atoms with E-state index >= 15 is 0 Å². The maximum absolute atomic E-state index is 10.4. The van der Waals surface area contributed by atoms with Gasteiger partial charge < -0.3 is 29.8 Å². The Morgan fingerprint density at radius 3 is 2.36 bits per heavy atom. The van der Waals surface area contributed by atoms with Crippen LogP contribution in [0.4, 0.5) is 0 Å². The van der Waals surface area contributed by atoms with Gasteiger partial charge in [-0.05, 0) is 0 Å². The first kappa shape index (κ1) is 12.0. The van der Waals surface area contributed by atoms with Gasteiger partial charge in [-0.2, -0.15) is 0 Å². The van der Waals surface area contributed by atoms with Crippen molar-refractivity contribution in [2.45, 2.75) is 24.6 Å². The minimum Gasteiger partial charge on any atom is -0.394 e. The summed E-state index contributed by atoms with van der Waals surface area (Å²) in [5.41, 5.74) is 0. The van der Waals surface area contributed by atoms with Crippen LogP contribution in [0.25, 0.3) is 0 Å². The fourth-order valence-electron chi connectivity index (χ4n) is 1.15. The highest BCUT2D eigenvalue weighted by atomic mass is 31.2. The minimum absolute atomic E-state index is 0.626. The molecule has 1 saturated heterocycles. The molecule has 1 aliphatic rings. The molecule has 1 fully saturated rings. The van der Waals surface area contributed by atoms with E-state index in [2.05, 4.69) is 9.26 Å². The number of ether oxygens (including phenoxy) is 1. The molecular formula is C5H11O8P. The third kappa shape index (κ3) is 2.72. The van der Waals surface area contributed by atoms with E-state index in [0.29, 0.717) is 0 Å². The number of hydrogen-bond donors (Lipinski definition) is 5. The first-order chi connectivity index (χ1) is 6.35. The average molecular weight is 230 g/mol. The third-order valence-corrected chi connectivity index (χ3v) is 2.27. The summed E-state index contributed by atoms with van der Waals surface area (Å²) >= 11 is 0. The molecular weight excluding hydrogens is 219 g/mol. The summed E-state index contributed by atoms with van der Waals surface area (Å²) in [6, 6.07) is 0. The van der Waals surface area contributed by atoms with Crippen molar-refractivity contribution in [3.63, 3.8) is 0 Å². The van der Waals surface area contributed by atoms with E-state index in [1.165, 1.54) is 0 Å². The zero-order valence-electron chi connectivity index (χ0n) is 6.92. The molecule has 0 aromatic heterocycles. The van der Waals surface area contributed by atoms with Crippen molar-refractivity contribution in [2.75, 3.05) is 6.61 Å². The van der Waals surface area contributed by atoms with E-state index in [1.54, 1.807) is 0 Å². The van der Waals surface area contributed by atoms with Gasteiger partial charge in [0.25, 0.3) is 0 Å². The molecule has 9 heteroatoms. The zero-order valence-corrected chi connectivity index (χ0v) is 7.82. The first-order valence-corrected chi connectivity index (χ1v) is 5.24. The average Bonchev–Trinajstić information content (AvgIpc) is 2.30. The van der Waals surface area contributed by atoms with Crippen LogP contribution in [0.15, 0.2) is 0 Å². The van der Waals surface area contributed by atoms with Gasteiger partial charge in [0.1, 0.15) is 18.3 Å². The van der Waals surface area contributed by atoms with E-state index in [-0.39, 0.29) is 0 Å². The van der Waals surface area contributed by atoms with Crippen molar-refractivity contribution in [3.8, 4) is 0 Å². The van der Waals surface area contributed by atoms with Crippen molar-refractivity contribution in [2.24, 2.45) is 0 Å². The highest BCUT2D eigenvalue weighted by Gasteiger charge is 2.46. The minimum atomic E-state index is -4.79. The van der Waals surface area contributed by atoms with Crippen LogP contribution in [-0.2, 0) is 13.8 Å². The Morgan fingerprint density at radius 1 is 1.36 bits per heavy atom. The quantitative estimate of drug-likeness (QED) is 0.336. The lowest BCUT2D eigenvalue weighted by Crippen LogP contribution is -2.35. The van der Waals surface area contributed by atoms with Gasteiger partial charge in [-0.25, -0.2) is 4.57 Å². The predicted octanol–water partition coefficient (Wildman–Crippen LogP) is -2.47. The lowest BCUT2D eigenvalue weighted by Gasteiger charge is -2.18. The fourth-order valence-corrected chi connectivity index (χ4v) is 1.73. The van der Waals surface area contributed by atoms with Gasteiger partial charge in [0.05, 0.1) is 6.61 Å². The summed E-state index contributed by atoms with van der Waals surface area (Å²) in [5, 5.41) is 26.8. The van der Waals surface area contributed by atoms with E-state index < -0.39 is 39.0 Å². The van der Waals surface area contributed by atoms with Crippen molar-refractivity contribution >= 4 is 7.82 Å². The number of hydrogen-bond acceptors (Lipinski definition) is 6. The first-order valence-electron chi connectivity index (χ1n) is 3.71. The van der Waals surface area contributed by atoms with E-state index in [1.807, 2.05) is 0 Å². The van der Waals surface area contributed by atoms with Crippen LogP contribution >= 0.6 is 7.82 Å².